The van der Waals surface area contributed by atoms with Crippen LogP contribution in [-0.4, -0.2) is 22.8 Å². The molecule has 0 radical (unpaired) electrons. The molecule has 0 spiro atoms. The van der Waals surface area contributed by atoms with Gasteiger partial charge in [0.15, 0.2) is 0 Å². The number of hydrogen-bond acceptors (Lipinski definition) is 3. The number of aryl methyl sites for hydroxylation is 2. The van der Waals surface area contributed by atoms with Crippen molar-refractivity contribution in [2.75, 3.05) is 18.5 Å². The molecular formula is C15H20FN3O. The molecule has 0 aliphatic rings. The van der Waals surface area contributed by atoms with E-state index in [1.807, 2.05) is 30.7 Å². The van der Waals surface area contributed by atoms with Crippen LogP contribution in [0.25, 0.3) is 0 Å². The topological polar surface area (TPSA) is 39.1 Å². The Balaban J connectivity index is 2.05. The second-order valence-corrected chi connectivity index (χ2v) is 4.55. The molecule has 0 fully saturated rings. The molecular weight excluding hydrogens is 257 g/mol. The maximum atomic E-state index is 13.8. The molecule has 0 aliphatic carbocycles. The summed E-state index contributed by atoms with van der Waals surface area (Å²) in [5.74, 6) is 0.378. The highest BCUT2D eigenvalue weighted by molar-refractivity contribution is 5.59. The van der Waals surface area contributed by atoms with E-state index in [-0.39, 0.29) is 5.82 Å². The number of benzene rings is 1. The van der Waals surface area contributed by atoms with Crippen LogP contribution < -0.4 is 5.32 Å². The van der Waals surface area contributed by atoms with Gasteiger partial charge in [0.1, 0.15) is 5.82 Å². The van der Waals surface area contributed by atoms with Gasteiger partial charge in [-0.1, -0.05) is 12.1 Å². The van der Waals surface area contributed by atoms with E-state index in [0.29, 0.717) is 18.2 Å². The van der Waals surface area contributed by atoms with E-state index >= 15 is 0 Å². The first-order chi connectivity index (χ1) is 9.72. The summed E-state index contributed by atoms with van der Waals surface area (Å²) in [7, 11) is 0. The third-order valence-corrected chi connectivity index (χ3v) is 3.07. The lowest BCUT2D eigenvalue weighted by molar-refractivity contribution is 0.142. The lowest BCUT2D eigenvalue weighted by atomic mass is 10.2. The van der Waals surface area contributed by atoms with Gasteiger partial charge in [-0.2, -0.15) is 0 Å². The maximum absolute atomic E-state index is 13.8. The van der Waals surface area contributed by atoms with Crippen molar-refractivity contribution in [1.82, 2.24) is 9.55 Å². The maximum Gasteiger partial charge on any atom is 0.207 e. The Kier molecular flexibility index (Phi) is 5.12. The molecule has 1 N–H and O–H groups in total. The number of hydrogen-bond donors (Lipinski definition) is 1. The van der Waals surface area contributed by atoms with Crippen LogP contribution in [0, 0.1) is 12.7 Å². The molecule has 0 amide bonds. The van der Waals surface area contributed by atoms with Crippen LogP contribution in [-0.2, 0) is 11.3 Å². The molecule has 1 heterocycles. The van der Waals surface area contributed by atoms with Crippen molar-refractivity contribution in [3.63, 3.8) is 0 Å². The minimum Gasteiger partial charge on any atom is -0.382 e. The van der Waals surface area contributed by atoms with Gasteiger partial charge >= 0.3 is 0 Å². The van der Waals surface area contributed by atoms with Gasteiger partial charge in [-0.05, 0) is 31.9 Å². The van der Waals surface area contributed by atoms with Crippen LogP contribution in [0.4, 0.5) is 16.0 Å². The fraction of sp³-hybridized carbons (Fsp3) is 0.400. The summed E-state index contributed by atoms with van der Waals surface area (Å²) in [6.07, 6.45) is 4.48. The Morgan fingerprint density at radius 2 is 2.25 bits per heavy atom. The van der Waals surface area contributed by atoms with Crippen LogP contribution in [0.15, 0.2) is 30.6 Å². The second kappa shape index (κ2) is 7.05. The molecule has 4 nitrogen and oxygen atoms in total. The first-order valence-corrected chi connectivity index (χ1v) is 6.83. The van der Waals surface area contributed by atoms with Gasteiger partial charge in [0.05, 0.1) is 5.69 Å². The molecule has 20 heavy (non-hydrogen) atoms. The number of nitrogens with one attached hydrogen (secondary N) is 1. The normalized spacial score (nSPS) is 10.8. The monoisotopic (exact) mass is 277 g/mol. The Morgan fingerprint density at radius 3 is 3.00 bits per heavy atom. The number of imidazole rings is 1. The predicted octanol–water partition coefficient (Wildman–Crippen LogP) is 3.50. The Labute approximate surface area is 118 Å². The van der Waals surface area contributed by atoms with Crippen molar-refractivity contribution >= 4 is 11.6 Å². The molecule has 108 valence electrons. The highest BCUT2D eigenvalue weighted by Crippen LogP contribution is 2.22. The number of anilines is 2. The minimum atomic E-state index is -0.270. The summed E-state index contributed by atoms with van der Waals surface area (Å²) in [5, 5.41) is 3.07. The second-order valence-electron chi connectivity index (χ2n) is 4.55. The van der Waals surface area contributed by atoms with Gasteiger partial charge in [-0.3, -0.25) is 0 Å². The molecule has 0 aliphatic heterocycles. The highest BCUT2D eigenvalue weighted by Gasteiger charge is 2.09. The Bertz CT molecular complexity index is 534. The molecule has 2 rings (SSSR count). The van der Waals surface area contributed by atoms with E-state index in [9.17, 15) is 4.39 Å². The number of para-hydroxylation sites is 1. The molecule has 0 saturated carbocycles. The van der Waals surface area contributed by atoms with Crippen molar-refractivity contribution in [1.29, 1.82) is 0 Å². The molecule has 2 aromatic rings. The summed E-state index contributed by atoms with van der Waals surface area (Å²) < 4.78 is 21.1. The molecule has 0 bridgehead atoms. The zero-order chi connectivity index (χ0) is 14.4. The third-order valence-electron chi connectivity index (χ3n) is 3.07. The van der Waals surface area contributed by atoms with Crippen LogP contribution in [0.5, 0.6) is 0 Å². The minimum absolute atomic E-state index is 0.270. The van der Waals surface area contributed by atoms with E-state index in [0.717, 1.165) is 25.1 Å². The van der Waals surface area contributed by atoms with Crippen molar-refractivity contribution in [2.45, 2.75) is 26.8 Å². The number of nitrogens with zero attached hydrogens (tertiary/aromatic N) is 2. The van der Waals surface area contributed by atoms with Crippen molar-refractivity contribution in [3.05, 3.63) is 42.0 Å². The van der Waals surface area contributed by atoms with Gasteiger partial charge in [-0.25, -0.2) is 9.37 Å². The van der Waals surface area contributed by atoms with Crippen molar-refractivity contribution in [3.8, 4) is 0 Å². The van der Waals surface area contributed by atoms with Gasteiger partial charge in [0.25, 0.3) is 0 Å². The van der Waals surface area contributed by atoms with Crippen LogP contribution in [0.1, 0.15) is 18.9 Å². The number of ether oxygens (including phenoxy) is 1. The molecule has 0 saturated heterocycles. The molecule has 5 heteroatoms. The van der Waals surface area contributed by atoms with Gasteiger partial charge in [0.2, 0.25) is 5.95 Å². The third kappa shape index (κ3) is 3.57. The molecule has 1 aromatic carbocycles. The standard InChI is InChI=1S/C15H20FN3O/c1-3-20-11-5-9-19-10-8-17-15(19)18-14-12(2)6-4-7-13(14)16/h4,6-8,10H,3,5,9,11H2,1-2H3,(H,17,18). The lowest BCUT2D eigenvalue weighted by Gasteiger charge is -2.12. The van der Waals surface area contributed by atoms with Crippen LogP contribution in [0.3, 0.4) is 0 Å². The van der Waals surface area contributed by atoms with Crippen molar-refractivity contribution in [2.24, 2.45) is 0 Å². The van der Waals surface area contributed by atoms with Gasteiger partial charge in [0, 0.05) is 32.2 Å². The first-order valence-electron chi connectivity index (χ1n) is 6.83. The number of aromatic nitrogens is 2. The number of halogens is 1. The number of rotatable bonds is 7. The quantitative estimate of drug-likeness (QED) is 0.787. The van der Waals surface area contributed by atoms with Crippen LogP contribution >= 0.6 is 0 Å². The SMILES string of the molecule is CCOCCCn1ccnc1Nc1c(C)cccc1F. The zero-order valence-electron chi connectivity index (χ0n) is 11.9. The van der Waals surface area contributed by atoms with E-state index in [1.54, 1.807) is 12.3 Å². The predicted molar refractivity (Wildman–Crippen MR) is 77.8 cm³/mol. The fourth-order valence-electron chi connectivity index (χ4n) is 2.00. The average molecular weight is 277 g/mol. The lowest BCUT2D eigenvalue weighted by Crippen LogP contribution is -2.07. The summed E-state index contributed by atoms with van der Waals surface area (Å²) >= 11 is 0. The van der Waals surface area contributed by atoms with Crippen LogP contribution in [0.2, 0.25) is 0 Å². The van der Waals surface area contributed by atoms with E-state index in [1.165, 1.54) is 6.07 Å². The summed E-state index contributed by atoms with van der Waals surface area (Å²) in [6, 6.07) is 5.01. The van der Waals surface area contributed by atoms with Crippen molar-refractivity contribution < 1.29 is 9.13 Å². The molecule has 1 aromatic heterocycles. The molecule has 0 atom stereocenters. The summed E-state index contributed by atoms with van der Waals surface area (Å²) in [6.45, 7) is 6.07. The van der Waals surface area contributed by atoms with Gasteiger partial charge < -0.3 is 14.6 Å². The van der Waals surface area contributed by atoms with Gasteiger partial charge in [-0.15, -0.1) is 0 Å². The fourth-order valence-corrected chi connectivity index (χ4v) is 2.00. The molecule has 0 unspecified atom stereocenters. The zero-order valence-corrected chi connectivity index (χ0v) is 11.9. The van der Waals surface area contributed by atoms with E-state index in [4.69, 9.17) is 4.74 Å². The highest BCUT2D eigenvalue weighted by atomic mass is 19.1. The van der Waals surface area contributed by atoms with E-state index in [2.05, 4.69) is 10.3 Å². The van der Waals surface area contributed by atoms with E-state index < -0.39 is 0 Å². The Morgan fingerprint density at radius 1 is 1.40 bits per heavy atom. The largest absolute Gasteiger partial charge is 0.382 e. The summed E-state index contributed by atoms with van der Waals surface area (Å²) in [4.78, 5) is 4.24. The smallest absolute Gasteiger partial charge is 0.207 e. The average Bonchev–Trinajstić information content (AvgIpc) is 2.87. The first kappa shape index (κ1) is 14.5. The Hall–Kier alpha value is -1.88. The summed E-state index contributed by atoms with van der Waals surface area (Å²) in [5.41, 5.74) is 1.33.